The summed E-state index contributed by atoms with van der Waals surface area (Å²) in [5.74, 6) is 0.824. The maximum atomic E-state index is 11.9. The molecular formula is C16H24O2. The van der Waals surface area contributed by atoms with Crippen LogP contribution in [0.2, 0.25) is 0 Å². The smallest absolute Gasteiger partial charge is 0.165 e. The van der Waals surface area contributed by atoms with Crippen molar-refractivity contribution < 1.29 is 9.53 Å². The number of ketones is 1. The second-order valence-corrected chi connectivity index (χ2v) is 5.02. The summed E-state index contributed by atoms with van der Waals surface area (Å²) in [7, 11) is 0. The van der Waals surface area contributed by atoms with Gasteiger partial charge in [-0.15, -0.1) is 0 Å². The van der Waals surface area contributed by atoms with Gasteiger partial charge in [0.1, 0.15) is 0 Å². The number of carbonyl (C=O) groups is 1. The van der Waals surface area contributed by atoms with Gasteiger partial charge in [0.2, 0.25) is 0 Å². The Morgan fingerprint density at radius 3 is 2.39 bits per heavy atom. The maximum Gasteiger partial charge on any atom is 0.165 e. The molecule has 0 unspecified atom stereocenters. The van der Waals surface area contributed by atoms with Gasteiger partial charge < -0.3 is 4.74 Å². The van der Waals surface area contributed by atoms with Crippen molar-refractivity contribution in [3.8, 4) is 0 Å². The number of aryl methyl sites for hydroxylation is 1. The van der Waals surface area contributed by atoms with Crippen LogP contribution in [0.25, 0.3) is 0 Å². The maximum absolute atomic E-state index is 11.9. The van der Waals surface area contributed by atoms with Gasteiger partial charge in [0.25, 0.3) is 0 Å². The first-order chi connectivity index (χ1) is 8.63. The number of benzene rings is 1. The quantitative estimate of drug-likeness (QED) is 0.515. The highest BCUT2D eigenvalue weighted by molar-refractivity contribution is 5.96. The number of hydrogen-bond acceptors (Lipinski definition) is 2. The van der Waals surface area contributed by atoms with E-state index in [-0.39, 0.29) is 5.78 Å². The molecule has 0 radical (unpaired) electrons. The number of carbonyl (C=O) groups excluding carboxylic acids is 1. The molecule has 0 heterocycles. The van der Waals surface area contributed by atoms with Gasteiger partial charge >= 0.3 is 0 Å². The highest BCUT2D eigenvalue weighted by Gasteiger charge is 2.05. The predicted molar refractivity (Wildman–Crippen MR) is 75.0 cm³/mol. The van der Waals surface area contributed by atoms with Crippen molar-refractivity contribution >= 4 is 5.78 Å². The van der Waals surface area contributed by atoms with Crippen LogP contribution in [0.4, 0.5) is 0 Å². The molecule has 1 aromatic rings. The van der Waals surface area contributed by atoms with Crippen LogP contribution in [0, 0.1) is 5.92 Å². The first-order valence-corrected chi connectivity index (χ1v) is 6.83. The lowest BCUT2D eigenvalue weighted by Crippen LogP contribution is -2.06. The van der Waals surface area contributed by atoms with Crippen molar-refractivity contribution in [2.24, 2.45) is 5.92 Å². The van der Waals surface area contributed by atoms with Crippen molar-refractivity contribution in [1.29, 1.82) is 0 Å². The first-order valence-electron chi connectivity index (χ1n) is 6.83. The van der Waals surface area contributed by atoms with Crippen LogP contribution in [-0.2, 0) is 11.2 Å². The summed E-state index contributed by atoms with van der Waals surface area (Å²) in [6.07, 6.45) is 2.54. The summed E-state index contributed by atoms with van der Waals surface area (Å²) >= 11 is 0. The van der Waals surface area contributed by atoms with Crippen molar-refractivity contribution in [3.63, 3.8) is 0 Å². The standard InChI is InChI=1S/C16H24O2/c1-4-14-5-7-15(8-6-14)16(17)10-12-18-11-9-13(2)3/h5-8,13H,4,9-12H2,1-3H3. The van der Waals surface area contributed by atoms with Gasteiger partial charge in [0.15, 0.2) is 5.78 Å². The van der Waals surface area contributed by atoms with Crippen LogP contribution < -0.4 is 0 Å². The van der Waals surface area contributed by atoms with Gasteiger partial charge in [-0.1, -0.05) is 45.0 Å². The lowest BCUT2D eigenvalue weighted by atomic mass is 10.1. The molecule has 0 amide bonds. The van der Waals surface area contributed by atoms with Gasteiger partial charge in [-0.25, -0.2) is 0 Å². The molecule has 18 heavy (non-hydrogen) atoms. The fourth-order valence-corrected chi connectivity index (χ4v) is 1.66. The minimum absolute atomic E-state index is 0.169. The molecule has 0 saturated heterocycles. The molecule has 0 aliphatic carbocycles. The summed E-state index contributed by atoms with van der Waals surface area (Å²) in [6.45, 7) is 7.73. The molecular weight excluding hydrogens is 224 g/mol. The second kappa shape index (κ2) is 8.04. The third kappa shape index (κ3) is 5.46. The molecule has 1 rings (SSSR count). The number of Topliss-reactive ketones (excluding diaryl/α,β-unsaturated/α-hetero) is 1. The van der Waals surface area contributed by atoms with E-state index in [1.807, 2.05) is 24.3 Å². The van der Waals surface area contributed by atoms with E-state index in [9.17, 15) is 4.79 Å². The van der Waals surface area contributed by atoms with Crippen molar-refractivity contribution in [1.82, 2.24) is 0 Å². The van der Waals surface area contributed by atoms with Crippen LogP contribution in [0.3, 0.4) is 0 Å². The summed E-state index contributed by atoms with van der Waals surface area (Å²) in [5, 5.41) is 0. The minimum atomic E-state index is 0.169. The highest BCUT2D eigenvalue weighted by atomic mass is 16.5. The minimum Gasteiger partial charge on any atom is -0.381 e. The fourth-order valence-electron chi connectivity index (χ4n) is 1.66. The molecule has 1 aromatic carbocycles. The highest BCUT2D eigenvalue weighted by Crippen LogP contribution is 2.08. The molecule has 0 aromatic heterocycles. The van der Waals surface area contributed by atoms with Gasteiger partial charge in [0.05, 0.1) is 6.61 Å². The van der Waals surface area contributed by atoms with Crippen LogP contribution >= 0.6 is 0 Å². The van der Waals surface area contributed by atoms with Gasteiger partial charge in [-0.3, -0.25) is 4.79 Å². The van der Waals surface area contributed by atoms with Gasteiger partial charge in [-0.05, 0) is 24.3 Å². The van der Waals surface area contributed by atoms with E-state index in [1.54, 1.807) is 0 Å². The Labute approximate surface area is 110 Å². The lowest BCUT2D eigenvalue weighted by Gasteiger charge is -2.06. The zero-order valence-electron chi connectivity index (χ0n) is 11.7. The SMILES string of the molecule is CCc1ccc(C(=O)CCOCCC(C)C)cc1. The summed E-state index contributed by atoms with van der Waals surface area (Å²) in [6, 6.07) is 7.87. The van der Waals surface area contributed by atoms with E-state index >= 15 is 0 Å². The number of ether oxygens (including phenoxy) is 1. The Balaban J connectivity index is 2.27. The molecule has 0 spiro atoms. The Morgan fingerprint density at radius 1 is 1.17 bits per heavy atom. The summed E-state index contributed by atoms with van der Waals surface area (Å²) in [4.78, 5) is 11.9. The zero-order valence-corrected chi connectivity index (χ0v) is 11.7. The Kier molecular flexibility index (Phi) is 6.66. The molecule has 0 saturated carbocycles. The van der Waals surface area contributed by atoms with Crippen molar-refractivity contribution in [3.05, 3.63) is 35.4 Å². The Morgan fingerprint density at radius 2 is 1.83 bits per heavy atom. The number of hydrogen-bond donors (Lipinski definition) is 0. The Bertz CT molecular complexity index is 352. The van der Waals surface area contributed by atoms with E-state index in [0.29, 0.717) is 18.9 Å². The van der Waals surface area contributed by atoms with E-state index in [2.05, 4.69) is 20.8 Å². The summed E-state index contributed by atoms with van der Waals surface area (Å²) in [5.41, 5.74) is 2.05. The van der Waals surface area contributed by atoms with Gasteiger partial charge in [-0.2, -0.15) is 0 Å². The van der Waals surface area contributed by atoms with Crippen molar-refractivity contribution in [2.45, 2.75) is 40.0 Å². The number of rotatable bonds is 8. The monoisotopic (exact) mass is 248 g/mol. The van der Waals surface area contributed by atoms with E-state index < -0.39 is 0 Å². The molecule has 100 valence electrons. The van der Waals surface area contributed by atoms with Crippen LogP contribution in [0.1, 0.15) is 49.5 Å². The molecule has 0 bridgehead atoms. The van der Waals surface area contributed by atoms with E-state index in [4.69, 9.17) is 4.74 Å². The Hall–Kier alpha value is -1.15. The zero-order chi connectivity index (χ0) is 13.4. The largest absolute Gasteiger partial charge is 0.381 e. The average molecular weight is 248 g/mol. The van der Waals surface area contributed by atoms with Crippen LogP contribution in [0.5, 0.6) is 0 Å². The molecule has 0 fully saturated rings. The third-order valence-corrected chi connectivity index (χ3v) is 3.00. The molecule has 0 aliphatic rings. The van der Waals surface area contributed by atoms with Gasteiger partial charge in [0, 0.05) is 18.6 Å². The molecule has 0 atom stereocenters. The third-order valence-electron chi connectivity index (χ3n) is 3.00. The van der Waals surface area contributed by atoms with E-state index in [1.165, 1.54) is 5.56 Å². The summed E-state index contributed by atoms with van der Waals surface area (Å²) < 4.78 is 5.46. The topological polar surface area (TPSA) is 26.3 Å². The van der Waals surface area contributed by atoms with Crippen LogP contribution in [-0.4, -0.2) is 19.0 Å². The molecule has 0 N–H and O–H groups in total. The fraction of sp³-hybridized carbons (Fsp3) is 0.562. The normalized spacial score (nSPS) is 10.9. The second-order valence-electron chi connectivity index (χ2n) is 5.02. The molecule has 0 aliphatic heterocycles. The molecule has 2 heteroatoms. The predicted octanol–water partition coefficient (Wildman–Crippen LogP) is 3.88. The van der Waals surface area contributed by atoms with E-state index in [0.717, 1.165) is 25.0 Å². The first kappa shape index (κ1) is 14.9. The molecule has 2 nitrogen and oxygen atoms in total. The lowest BCUT2D eigenvalue weighted by molar-refractivity contribution is 0.0861. The van der Waals surface area contributed by atoms with Crippen molar-refractivity contribution in [2.75, 3.05) is 13.2 Å². The average Bonchev–Trinajstić information content (AvgIpc) is 2.38. The van der Waals surface area contributed by atoms with Crippen LogP contribution in [0.15, 0.2) is 24.3 Å².